The minimum atomic E-state index is -0.182. The van der Waals surface area contributed by atoms with Crippen molar-refractivity contribution in [2.75, 3.05) is 26.2 Å². The summed E-state index contributed by atoms with van der Waals surface area (Å²) in [4.78, 5) is 5.11. The molecule has 0 saturated carbocycles. The number of hydrogen-bond donors (Lipinski definition) is 1. The fourth-order valence-corrected chi connectivity index (χ4v) is 3.93. The minimum Gasteiger partial charge on any atom is -0.326 e. The van der Waals surface area contributed by atoms with Gasteiger partial charge in [0.15, 0.2) is 0 Å². The van der Waals surface area contributed by atoms with Gasteiger partial charge in [0.1, 0.15) is 5.82 Å². The molecule has 2 heterocycles. The first-order chi connectivity index (χ1) is 10.1. The topological polar surface area (TPSA) is 32.5 Å². The van der Waals surface area contributed by atoms with E-state index in [-0.39, 0.29) is 17.9 Å². The predicted octanol–water partition coefficient (Wildman–Crippen LogP) is 2.38. The van der Waals surface area contributed by atoms with E-state index in [0.29, 0.717) is 6.04 Å². The number of rotatable bonds is 4. The van der Waals surface area contributed by atoms with Crippen LogP contribution in [0, 0.1) is 5.82 Å². The van der Waals surface area contributed by atoms with Crippen LogP contribution in [0.25, 0.3) is 0 Å². The van der Waals surface area contributed by atoms with Gasteiger partial charge in [0, 0.05) is 31.2 Å². The van der Waals surface area contributed by atoms with E-state index in [1.54, 1.807) is 12.1 Å². The number of nitrogens with zero attached hydrogens (tertiary/aromatic N) is 2. The second kappa shape index (κ2) is 6.42. The van der Waals surface area contributed by atoms with Gasteiger partial charge in [0.2, 0.25) is 0 Å². The standard InChI is InChI=1S/C17H26FN3/c1-13(19)17(14-4-6-15(18)7-5-14)21-11-8-16(12-21)20-9-2-3-10-20/h4-7,13,16-17H,2-3,8-12,19H2,1H3. The van der Waals surface area contributed by atoms with E-state index in [2.05, 4.69) is 16.7 Å². The molecular weight excluding hydrogens is 265 g/mol. The van der Waals surface area contributed by atoms with E-state index in [1.165, 1.54) is 32.4 Å². The average Bonchev–Trinajstić information content (AvgIpc) is 3.11. The van der Waals surface area contributed by atoms with E-state index in [4.69, 9.17) is 5.73 Å². The Bertz CT molecular complexity index is 454. The summed E-state index contributed by atoms with van der Waals surface area (Å²) >= 11 is 0. The minimum absolute atomic E-state index is 0.0489. The van der Waals surface area contributed by atoms with Gasteiger partial charge in [-0.3, -0.25) is 9.80 Å². The molecule has 3 nitrogen and oxygen atoms in total. The van der Waals surface area contributed by atoms with Crippen molar-refractivity contribution < 1.29 is 4.39 Å². The van der Waals surface area contributed by atoms with Crippen LogP contribution >= 0.6 is 0 Å². The molecule has 2 fully saturated rings. The monoisotopic (exact) mass is 291 g/mol. The van der Waals surface area contributed by atoms with Crippen LogP contribution in [-0.4, -0.2) is 48.1 Å². The fourth-order valence-electron chi connectivity index (χ4n) is 3.93. The highest BCUT2D eigenvalue weighted by Crippen LogP contribution is 2.30. The molecule has 116 valence electrons. The Labute approximate surface area is 126 Å². The lowest BCUT2D eigenvalue weighted by Crippen LogP contribution is -2.41. The summed E-state index contributed by atoms with van der Waals surface area (Å²) in [6.45, 7) is 6.72. The molecule has 2 aliphatic rings. The van der Waals surface area contributed by atoms with Crippen molar-refractivity contribution in [1.82, 2.24) is 9.80 Å². The third kappa shape index (κ3) is 3.28. The number of hydrogen-bond acceptors (Lipinski definition) is 3. The number of halogens is 1. The zero-order valence-electron chi connectivity index (χ0n) is 12.8. The first-order valence-corrected chi connectivity index (χ1v) is 8.14. The third-order valence-electron chi connectivity index (χ3n) is 4.95. The van der Waals surface area contributed by atoms with Gasteiger partial charge in [0.05, 0.1) is 0 Å². The van der Waals surface area contributed by atoms with Gasteiger partial charge in [-0.2, -0.15) is 0 Å². The molecule has 1 aromatic carbocycles. The zero-order valence-corrected chi connectivity index (χ0v) is 12.8. The van der Waals surface area contributed by atoms with Crippen molar-refractivity contribution in [3.8, 4) is 0 Å². The molecule has 2 saturated heterocycles. The van der Waals surface area contributed by atoms with Crippen molar-refractivity contribution in [3.05, 3.63) is 35.6 Å². The van der Waals surface area contributed by atoms with Crippen LogP contribution in [0.15, 0.2) is 24.3 Å². The first kappa shape index (κ1) is 14.9. The normalized spacial score (nSPS) is 27.1. The fraction of sp³-hybridized carbons (Fsp3) is 0.647. The Morgan fingerprint density at radius 1 is 1.14 bits per heavy atom. The molecule has 2 aliphatic heterocycles. The predicted molar refractivity (Wildman–Crippen MR) is 83.6 cm³/mol. The molecule has 2 N–H and O–H groups in total. The van der Waals surface area contributed by atoms with E-state index >= 15 is 0 Å². The lowest BCUT2D eigenvalue weighted by atomic mass is 9.99. The number of nitrogens with two attached hydrogens (primary N) is 1. The van der Waals surface area contributed by atoms with Crippen molar-refractivity contribution in [3.63, 3.8) is 0 Å². The van der Waals surface area contributed by atoms with Gasteiger partial charge in [-0.05, 0) is 57.0 Å². The Kier molecular flexibility index (Phi) is 4.57. The van der Waals surface area contributed by atoms with Gasteiger partial charge in [0.25, 0.3) is 0 Å². The molecule has 0 spiro atoms. The number of likely N-dealkylation sites (tertiary alicyclic amines) is 2. The maximum Gasteiger partial charge on any atom is 0.123 e. The smallest absolute Gasteiger partial charge is 0.123 e. The summed E-state index contributed by atoms with van der Waals surface area (Å²) in [7, 11) is 0. The largest absolute Gasteiger partial charge is 0.326 e. The van der Waals surface area contributed by atoms with Crippen LogP contribution in [-0.2, 0) is 0 Å². The molecule has 3 atom stereocenters. The first-order valence-electron chi connectivity index (χ1n) is 8.14. The molecule has 0 bridgehead atoms. The molecule has 0 amide bonds. The summed E-state index contributed by atoms with van der Waals surface area (Å²) in [6.07, 6.45) is 3.90. The highest BCUT2D eigenvalue weighted by Gasteiger charge is 2.34. The summed E-state index contributed by atoms with van der Waals surface area (Å²) in [5, 5.41) is 0. The summed E-state index contributed by atoms with van der Waals surface area (Å²) < 4.78 is 13.1. The van der Waals surface area contributed by atoms with Crippen LogP contribution < -0.4 is 5.73 Å². The maximum atomic E-state index is 13.1. The van der Waals surface area contributed by atoms with Gasteiger partial charge >= 0.3 is 0 Å². The van der Waals surface area contributed by atoms with Crippen LogP contribution in [0.3, 0.4) is 0 Å². The van der Waals surface area contributed by atoms with Crippen molar-refractivity contribution in [2.24, 2.45) is 5.73 Å². The second-order valence-corrected chi connectivity index (χ2v) is 6.54. The molecule has 21 heavy (non-hydrogen) atoms. The van der Waals surface area contributed by atoms with Crippen molar-refractivity contribution in [1.29, 1.82) is 0 Å². The maximum absolute atomic E-state index is 13.1. The van der Waals surface area contributed by atoms with Crippen LogP contribution in [0.5, 0.6) is 0 Å². The summed E-state index contributed by atoms with van der Waals surface area (Å²) in [5.74, 6) is -0.182. The Morgan fingerprint density at radius 2 is 1.81 bits per heavy atom. The zero-order chi connectivity index (χ0) is 14.8. The van der Waals surface area contributed by atoms with Gasteiger partial charge in [-0.25, -0.2) is 4.39 Å². The number of benzene rings is 1. The second-order valence-electron chi connectivity index (χ2n) is 6.54. The van der Waals surface area contributed by atoms with Crippen LogP contribution in [0.2, 0.25) is 0 Å². The Morgan fingerprint density at radius 3 is 2.43 bits per heavy atom. The van der Waals surface area contributed by atoms with Crippen LogP contribution in [0.4, 0.5) is 4.39 Å². The van der Waals surface area contributed by atoms with Crippen molar-refractivity contribution in [2.45, 2.75) is 44.3 Å². The molecule has 4 heteroatoms. The van der Waals surface area contributed by atoms with Crippen LogP contribution in [0.1, 0.15) is 37.8 Å². The van der Waals surface area contributed by atoms with Gasteiger partial charge < -0.3 is 5.73 Å². The summed E-state index contributed by atoms with van der Waals surface area (Å²) in [6, 6.07) is 7.76. The molecule has 0 radical (unpaired) electrons. The van der Waals surface area contributed by atoms with E-state index < -0.39 is 0 Å². The third-order valence-corrected chi connectivity index (χ3v) is 4.95. The van der Waals surface area contributed by atoms with E-state index in [9.17, 15) is 4.39 Å². The quantitative estimate of drug-likeness (QED) is 0.924. The lowest BCUT2D eigenvalue weighted by molar-refractivity contribution is 0.185. The molecule has 0 aliphatic carbocycles. The molecule has 1 aromatic rings. The average molecular weight is 291 g/mol. The molecular formula is C17H26FN3. The highest BCUT2D eigenvalue weighted by atomic mass is 19.1. The summed E-state index contributed by atoms with van der Waals surface area (Å²) in [5.41, 5.74) is 7.37. The van der Waals surface area contributed by atoms with Gasteiger partial charge in [-0.1, -0.05) is 12.1 Å². The lowest BCUT2D eigenvalue weighted by Gasteiger charge is -2.32. The molecule has 3 unspecified atom stereocenters. The van der Waals surface area contributed by atoms with Crippen molar-refractivity contribution >= 4 is 0 Å². The molecule has 0 aromatic heterocycles. The van der Waals surface area contributed by atoms with Gasteiger partial charge in [-0.15, -0.1) is 0 Å². The highest BCUT2D eigenvalue weighted by molar-refractivity contribution is 5.22. The SMILES string of the molecule is CC(N)C(c1ccc(F)cc1)N1CCC(N2CCCC2)C1. The Balaban J connectivity index is 1.71. The van der Waals surface area contributed by atoms with E-state index in [1.807, 2.05) is 12.1 Å². The molecule has 3 rings (SSSR count). The Hall–Kier alpha value is -0.970. The van der Waals surface area contributed by atoms with E-state index in [0.717, 1.165) is 18.7 Å².